The summed E-state index contributed by atoms with van der Waals surface area (Å²) in [5.41, 5.74) is 1.77. The molecule has 0 N–H and O–H groups in total. The topological polar surface area (TPSA) is 29.5 Å². The number of benzene rings is 2. The van der Waals surface area contributed by atoms with Crippen LogP contribution in [-0.2, 0) is 17.7 Å². The number of hydrogen-bond donors (Lipinski definition) is 0. The number of halogens is 1. The van der Waals surface area contributed by atoms with E-state index in [0.29, 0.717) is 6.54 Å². The van der Waals surface area contributed by atoms with Gasteiger partial charge >= 0.3 is 6.09 Å². The average molecular weight is 477 g/mol. The lowest BCUT2D eigenvalue weighted by atomic mass is 10.0. The number of amides is 1. The Morgan fingerprint density at radius 3 is 2.33 bits per heavy atom. The van der Waals surface area contributed by atoms with Crippen molar-refractivity contribution < 1.29 is 9.53 Å². The van der Waals surface area contributed by atoms with Crippen LogP contribution in [0.4, 0.5) is 4.79 Å². The van der Waals surface area contributed by atoms with E-state index in [4.69, 9.17) is 4.74 Å². The molecule has 0 saturated heterocycles. The van der Waals surface area contributed by atoms with Crippen molar-refractivity contribution in [2.75, 3.05) is 0 Å². The summed E-state index contributed by atoms with van der Waals surface area (Å²) < 4.78 is 6.87. The van der Waals surface area contributed by atoms with E-state index < -0.39 is 5.60 Å². The second-order valence-electron chi connectivity index (χ2n) is 7.48. The Morgan fingerprint density at radius 2 is 1.74 bits per heavy atom. The van der Waals surface area contributed by atoms with Gasteiger partial charge in [0.25, 0.3) is 0 Å². The maximum atomic E-state index is 13.0. The minimum atomic E-state index is -0.535. The van der Waals surface area contributed by atoms with Crippen LogP contribution in [-0.4, -0.2) is 22.6 Å². The van der Waals surface area contributed by atoms with Crippen LogP contribution in [0.5, 0.6) is 0 Å². The van der Waals surface area contributed by atoms with Gasteiger partial charge in [0, 0.05) is 3.57 Å². The number of allylic oxidation sites excluding steroid dienone is 1. The third-order valence-electron chi connectivity index (χ3n) is 4.03. The predicted octanol–water partition coefficient (Wildman–Crippen LogP) is 6.22. The lowest BCUT2D eigenvalue weighted by Crippen LogP contribution is -2.43. The van der Waals surface area contributed by atoms with E-state index in [0.717, 1.165) is 15.6 Å². The molecule has 1 atom stereocenters. The normalized spacial score (nSPS) is 12.8. The minimum absolute atomic E-state index is 0.0803. The van der Waals surface area contributed by atoms with Crippen molar-refractivity contribution in [2.24, 2.45) is 0 Å². The number of rotatable bonds is 6. The molecule has 0 saturated carbocycles. The predicted molar refractivity (Wildman–Crippen MR) is 120 cm³/mol. The van der Waals surface area contributed by atoms with Crippen molar-refractivity contribution in [1.29, 1.82) is 0 Å². The van der Waals surface area contributed by atoms with Crippen LogP contribution in [0.25, 0.3) is 0 Å². The summed E-state index contributed by atoms with van der Waals surface area (Å²) in [5, 5.41) is 0. The molecule has 2 aromatic rings. The molecule has 0 unspecified atom stereocenters. The second-order valence-corrected chi connectivity index (χ2v) is 8.64. The lowest BCUT2D eigenvalue weighted by Gasteiger charge is -2.32. The number of carbonyl (C=O) groups excluding carboxylic acids is 1. The average Bonchev–Trinajstić information content (AvgIpc) is 2.60. The van der Waals surface area contributed by atoms with Crippen LogP contribution in [0, 0.1) is 3.57 Å². The van der Waals surface area contributed by atoms with Gasteiger partial charge in [-0.3, -0.25) is 4.90 Å². The Bertz CT molecular complexity index is 765. The van der Waals surface area contributed by atoms with E-state index in [1.165, 1.54) is 5.56 Å². The van der Waals surface area contributed by atoms with Crippen molar-refractivity contribution in [3.8, 4) is 0 Å². The highest BCUT2D eigenvalue weighted by molar-refractivity contribution is 14.1. The van der Waals surface area contributed by atoms with Gasteiger partial charge in [0.15, 0.2) is 0 Å². The van der Waals surface area contributed by atoms with E-state index >= 15 is 0 Å². The van der Waals surface area contributed by atoms with Crippen LogP contribution < -0.4 is 0 Å². The molecule has 0 aliphatic rings. The van der Waals surface area contributed by atoms with Gasteiger partial charge in [-0.05, 0) is 73.9 Å². The zero-order valence-electron chi connectivity index (χ0n) is 16.5. The van der Waals surface area contributed by atoms with Gasteiger partial charge in [-0.15, -0.1) is 0 Å². The first-order chi connectivity index (χ1) is 12.8. The maximum Gasteiger partial charge on any atom is 0.411 e. The molecule has 144 valence electrons. The zero-order chi connectivity index (χ0) is 19.9. The Labute approximate surface area is 176 Å². The van der Waals surface area contributed by atoms with Gasteiger partial charge in [-0.1, -0.05) is 60.7 Å². The Balaban J connectivity index is 2.34. The molecule has 0 spiro atoms. The smallest absolute Gasteiger partial charge is 0.411 e. The van der Waals surface area contributed by atoms with Crippen molar-refractivity contribution in [2.45, 2.75) is 52.3 Å². The largest absolute Gasteiger partial charge is 0.444 e. The molecule has 1 amide bonds. The van der Waals surface area contributed by atoms with Gasteiger partial charge in [-0.25, -0.2) is 4.79 Å². The quantitative estimate of drug-likeness (QED) is 0.366. The van der Waals surface area contributed by atoms with E-state index in [1.807, 2.05) is 69.0 Å². The summed E-state index contributed by atoms with van der Waals surface area (Å²) in [6.07, 6.45) is 4.53. The third-order valence-corrected chi connectivity index (χ3v) is 5.08. The highest BCUT2D eigenvalue weighted by Crippen LogP contribution is 2.21. The molecule has 0 heterocycles. The minimum Gasteiger partial charge on any atom is -0.444 e. The summed E-state index contributed by atoms with van der Waals surface area (Å²) in [7, 11) is 0. The van der Waals surface area contributed by atoms with Gasteiger partial charge < -0.3 is 4.74 Å². The molecule has 0 aliphatic heterocycles. The Hall–Kier alpha value is -1.82. The standard InChI is InChI=1S/C23H28INO2/c1-5-11-20(16-18-12-7-6-8-13-18)25(22(26)27-23(2,3)4)17-19-14-9-10-15-21(19)24/h5-15,20H,16-17H2,1-4H3/b11-5-/t20-/m1/s1. The molecule has 0 radical (unpaired) electrons. The first kappa shape index (κ1) is 21.5. The first-order valence-electron chi connectivity index (χ1n) is 9.20. The molecule has 0 bridgehead atoms. The molecule has 0 fully saturated rings. The van der Waals surface area contributed by atoms with Gasteiger partial charge in [0.1, 0.15) is 5.60 Å². The van der Waals surface area contributed by atoms with Crippen molar-refractivity contribution in [3.05, 3.63) is 81.4 Å². The van der Waals surface area contributed by atoms with Crippen LogP contribution in [0.1, 0.15) is 38.8 Å². The van der Waals surface area contributed by atoms with E-state index in [9.17, 15) is 4.79 Å². The fourth-order valence-electron chi connectivity index (χ4n) is 2.81. The van der Waals surface area contributed by atoms with E-state index in [-0.39, 0.29) is 12.1 Å². The Kier molecular flexibility index (Phi) is 7.90. The number of ether oxygens (including phenoxy) is 1. The first-order valence-corrected chi connectivity index (χ1v) is 10.3. The molecule has 0 aromatic heterocycles. The summed E-state index contributed by atoms with van der Waals surface area (Å²) in [4.78, 5) is 14.9. The molecule has 2 aromatic carbocycles. The van der Waals surface area contributed by atoms with Crippen molar-refractivity contribution in [1.82, 2.24) is 4.90 Å². The molecule has 27 heavy (non-hydrogen) atoms. The monoisotopic (exact) mass is 477 g/mol. The summed E-state index contributed by atoms with van der Waals surface area (Å²) in [5.74, 6) is 0. The van der Waals surface area contributed by atoms with Crippen LogP contribution in [0.15, 0.2) is 66.7 Å². The van der Waals surface area contributed by atoms with Gasteiger partial charge in [0.05, 0.1) is 12.6 Å². The fourth-order valence-corrected chi connectivity index (χ4v) is 3.37. The second kappa shape index (κ2) is 9.93. The molecular formula is C23H28INO2. The molecular weight excluding hydrogens is 449 g/mol. The van der Waals surface area contributed by atoms with Crippen molar-refractivity contribution in [3.63, 3.8) is 0 Å². The van der Waals surface area contributed by atoms with Crippen LogP contribution in [0.3, 0.4) is 0 Å². The summed E-state index contributed by atoms with van der Waals surface area (Å²) >= 11 is 2.32. The highest BCUT2D eigenvalue weighted by atomic mass is 127. The van der Waals surface area contributed by atoms with Crippen LogP contribution >= 0.6 is 22.6 Å². The van der Waals surface area contributed by atoms with E-state index in [2.05, 4.69) is 52.9 Å². The molecule has 3 nitrogen and oxygen atoms in total. The number of hydrogen-bond acceptors (Lipinski definition) is 2. The van der Waals surface area contributed by atoms with Crippen LogP contribution in [0.2, 0.25) is 0 Å². The Morgan fingerprint density at radius 1 is 1.11 bits per heavy atom. The van der Waals surface area contributed by atoms with Gasteiger partial charge in [-0.2, -0.15) is 0 Å². The van der Waals surface area contributed by atoms with Gasteiger partial charge in [0.2, 0.25) is 0 Å². The SMILES string of the molecule is C/C=C\[C@H](Cc1ccccc1)N(Cc1ccccc1I)C(=O)OC(C)(C)C. The fraction of sp³-hybridized carbons (Fsp3) is 0.348. The zero-order valence-corrected chi connectivity index (χ0v) is 18.6. The highest BCUT2D eigenvalue weighted by Gasteiger charge is 2.27. The number of carbonyl (C=O) groups is 1. The third kappa shape index (κ3) is 7.01. The molecule has 4 heteroatoms. The summed E-state index contributed by atoms with van der Waals surface area (Å²) in [6, 6.07) is 18.3. The van der Waals surface area contributed by atoms with Crippen molar-refractivity contribution >= 4 is 28.7 Å². The molecule has 2 rings (SSSR count). The summed E-state index contributed by atoms with van der Waals surface area (Å²) in [6.45, 7) is 8.19. The number of nitrogens with zero attached hydrogens (tertiary/aromatic N) is 1. The van der Waals surface area contributed by atoms with E-state index in [1.54, 1.807) is 0 Å². The molecule has 0 aliphatic carbocycles. The maximum absolute atomic E-state index is 13.0. The lowest BCUT2D eigenvalue weighted by molar-refractivity contribution is 0.0179.